The Hall–Kier alpha value is -4.65. The van der Waals surface area contributed by atoms with Crippen LogP contribution in [0.2, 0.25) is 0 Å². The maximum Gasteiger partial charge on any atom is 0.198 e. The van der Waals surface area contributed by atoms with E-state index in [4.69, 9.17) is 11.0 Å². The molecule has 3 N–H and O–H groups in total. The molecule has 0 amide bonds. The van der Waals surface area contributed by atoms with Gasteiger partial charge in [-0.1, -0.05) is 18.2 Å². The van der Waals surface area contributed by atoms with Crippen LogP contribution in [0.5, 0.6) is 0 Å². The van der Waals surface area contributed by atoms with E-state index in [0.29, 0.717) is 17.0 Å². The molecule has 5 aromatic rings. The highest BCUT2D eigenvalue weighted by Crippen LogP contribution is 2.28. The normalized spacial score (nSPS) is 11.0. The predicted molar refractivity (Wildman–Crippen MR) is 112 cm³/mol. The van der Waals surface area contributed by atoms with Crippen molar-refractivity contribution in [1.82, 2.24) is 29.8 Å². The van der Waals surface area contributed by atoms with Gasteiger partial charge in [-0.25, -0.2) is 23.3 Å². The molecule has 5 rings (SSSR count). The number of fused-ring (bicyclic) bond motifs is 1. The van der Waals surface area contributed by atoms with Gasteiger partial charge in [-0.05, 0) is 23.8 Å². The Morgan fingerprint density at radius 1 is 1.09 bits per heavy atom. The predicted octanol–water partition coefficient (Wildman–Crippen LogP) is 3.50. The quantitative estimate of drug-likeness (QED) is 0.452. The zero-order valence-corrected chi connectivity index (χ0v) is 16.4. The number of aromatic nitrogens is 6. The number of halogens is 2. The number of H-pyrrole nitrogens is 1. The van der Waals surface area contributed by atoms with Crippen molar-refractivity contribution >= 4 is 11.5 Å². The van der Waals surface area contributed by atoms with Gasteiger partial charge in [-0.15, -0.1) is 0 Å². The van der Waals surface area contributed by atoms with Gasteiger partial charge in [-0.2, -0.15) is 15.5 Å². The van der Waals surface area contributed by atoms with E-state index in [2.05, 4.69) is 25.3 Å². The van der Waals surface area contributed by atoms with Crippen molar-refractivity contribution in [2.45, 2.75) is 6.42 Å². The summed E-state index contributed by atoms with van der Waals surface area (Å²) in [5.41, 5.74) is 8.34. The van der Waals surface area contributed by atoms with E-state index >= 15 is 0 Å². The maximum absolute atomic E-state index is 14.7. The van der Waals surface area contributed by atoms with Crippen molar-refractivity contribution in [2.24, 2.45) is 0 Å². The van der Waals surface area contributed by atoms with E-state index in [1.807, 2.05) is 0 Å². The Bertz CT molecular complexity index is 1500. The zero-order chi connectivity index (χ0) is 22.2. The minimum Gasteiger partial charge on any atom is -0.381 e. The van der Waals surface area contributed by atoms with Gasteiger partial charge in [0, 0.05) is 29.3 Å². The lowest BCUT2D eigenvalue weighted by Crippen LogP contribution is -2.01. The Kier molecular flexibility index (Phi) is 4.56. The van der Waals surface area contributed by atoms with Gasteiger partial charge in [0.15, 0.2) is 17.3 Å². The Morgan fingerprint density at radius 2 is 1.91 bits per heavy atom. The lowest BCUT2D eigenvalue weighted by Gasteiger charge is -2.07. The zero-order valence-electron chi connectivity index (χ0n) is 16.4. The van der Waals surface area contributed by atoms with E-state index in [1.54, 1.807) is 36.7 Å². The number of nitrogens with zero attached hydrogens (tertiary/aromatic N) is 6. The molecule has 0 fully saturated rings. The SMILES string of the molecule is N#Cc1cccc(-c2cn3nc(Cc4c(F)cccc4-c4cn[nH]c4)nc3c(N)n2)c1F. The first kappa shape index (κ1) is 19.3. The van der Waals surface area contributed by atoms with E-state index in [-0.39, 0.29) is 34.7 Å². The molecule has 0 radical (unpaired) electrons. The molecule has 0 bridgehead atoms. The number of aromatic amines is 1. The molecule has 10 heteroatoms. The van der Waals surface area contributed by atoms with E-state index in [9.17, 15) is 8.78 Å². The summed E-state index contributed by atoms with van der Waals surface area (Å²) in [6.45, 7) is 0. The number of rotatable bonds is 4. The summed E-state index contributed by atoms with van der Waals surface area (Å²) in [6.07, 6.45) is 4.85. The van der Waals surface area contributed by atoms with Crippen LogP contribution < -0.4 is 5.73 Å². The third-order valence-electron chi connectivity index (χ3n) is 5.05. The van der Waals surface area contributed by atoms with Gasteiger partial charge in [0.1, 0.15) is 17.7 Å². The van der Waals surface area contributed by atoms with Gasteiger partial charge in [0.2, 0.25) is 0 Å². The largest absolute Gasteiger partial charge is 0.381 e. The second kappa shape index (κ2) is 7.55. The average Bonchev–Trinajstić information content (AvgIpc) is 3.45. The van der Waals surface area contributed by atoms with E-state index in [1.165, 1.54) is 28.9 Å². The van der Waals surface area contributed by atoms with Crippen LogP contribution in [0.25, 0.3) is 28.0 Å². The molecule has 0 aliphatic rings. The minimum absolute atomic E-state index is 0.0339. The van der Waals surface area contributed by atoms with Crippen LogP contribution >= 0.6 is 0 Å². The summed E-state index contributed by atoms with van der Waals surface area (Å²) >= 11 is 0. The average molecular weight is 428 g/mol. The first-order valence-electron chi connectivity index (χ1n) is 9.52. The first-order chi connectivity index (χ1) is 15.5. The highest BCUT2D eigenvalue weighted by Gasteiger charge is 2.18. The molecule has 0 saturated heterocycles. The Balaban J connectivity index is 1.58. The van der Waals surface area contributed by atoms with Crippen LogP contribution in [0.15, 0.2) is 55.0 Å². The molecule has 32 heavy (non-hydrogen) atoms. The lowest BCUT2D eigenvalue weighted by molar-refractivity contribution is 0.613. The molecule has 0 aliphatic heterocycles. The number of benzene rings is 2. The van der Waals surface area contributed by atoms with Gasteiger partial charge in [0.25, 0.3) is 0 Å². The second-order valence-electron chi connectivity index (χ2n) is 7.02. The molecular formula is C22H14F2N8. The van der Waals surface area contributed by atoms with Crippen LogP contribution in [0, 0.1) is 23.0 Å². The lowest BCUT2D eigenvalue weighted by atomic mass is 9.99. The van der Waals surface area contributed by atoms with Crippen LogP contribution in [0.4, 0.5) is 14.6 Å². The van der Waals surface area contributed by atoms with Crippen LogP contribution in [-0.2, 0) is 6.42 Å². The van der Waals surface area contributed by atoms with E-state index in [0.717, 1.165) is 5.56 Å². The van der Waals surface area contributed by atoms with Gasteiger partial charge < -0.3 is 5.73 Å². The fraction of sp³-hybridized carbons (Fsp3) is 0.0455. The van der Waals surface area contributed by atoms with E-state index < -0.39 is 11.6 Å². The fourth-order valence-corrected chi connectivity index (χ4v) is 3.54. The maximum atomic E-state index is 14.7. The smallest absolute Gasteiger partial charge is 0.198 e. The third-order valence-corrected chi connectivity index (χ3v) is 5.05. The summed E-state index contributed by atoms with van der Waals surface area (Å²) in [5, 5.41) is 20.1. The molecule has 0 unspecified atom stereocenters. The number of hydrogen-bond donors (Lipinski definition) is 2. The van der Waals surface area contributed by atoms with Crippen molar-refractivity contribution in [2.75, 3.05) is 5.73 Å². The summed E-state index contributed by atoms with van der Waals surface area (Å²) in [7, 11) is 0. The Morgan fingerprint density at radius 3 is 2.69 bits per heavy atom. The van der Waals surface area contributed by atoms with Crippen molar-refractivity contribution in [3.05, 3.63) is 83.6 Å². The first-order valence-corrected chi connectivity index (χ1v) is 9.52. The molecule has 0 spiro atoms. The monoisotopic (exact) mass is 428 g/mol. The summed E-state index contributed by atoms with van der Waals surface area (Å²) < 4.78 is 30.7. The van der Waals surface area contributed by atoms with Crippen molar-refractivity contribution < 1.29 is 8.78 Å². The number of anilines is 1. The molecule has 0 atom stereocenters. The van der Waals surface area contributed by atoms with Gasteiger partial charge in [0.05, 0.1) is 23.7 Å². The molecule has 3 aromatic heterocycles. The molecular weight excluding hydrogens is 414 g/mol. The van der Waals surface area contributed by atoms with Crippen LogP contribution in [0.3, 0.4) is 0 Å². The number of nitrogens with one attached hydrogen (secondary N) is 1. The molecule has 2 aromatic carbocycles. The molecule has 8 nitrogen and oxygen atoms in total. The van der Waals surface area contributed by atoms with Crippen molar-refractivity contribution in [3.63, 3.8) is 0 Å². The van der Waals surface area contributed by atoms with Gasteiger partial charge in [-0.3, -0.25) is 5.10 Å². The number of hydrogen-bond acceptors (Lipinski definition) is 6. The number of nitrogens with two attached hydrogens (primary N) is 1. The highest BCUT2D eigenvalue weighted by molar-refractivity contribution is 5.69. The number of nitriles is 1. The summed E-state index contributed by atoms with van der Waals surface area (Å²) in [6, 6.07) is 11.0. The Labute approximate surface area is 180 Å². The topological polar surface area (TPSA) is 122 Å². The molecule has 0 saturated carbocycles. The number of nitrogen functional groups attached to an aromatic ring is 1. The summed E-state index contributed by atoms with van der Waals surface area (Å²) in [4.78, 5) is 8.61. The highest BCUT2D eigenvalue weighted by atomic mass is 19.1. The molecule has 156 valence electrons. The third kappa shape index (κ3) is 3.22. The van der Waals surface area contributed by atoms with Crippen molar-refractivity contribution in [3.8, 4) is 28.5 Å². The molecule has 3 heterocycles. The second-order valence-corrected chi connectivity index (χ2v) is 7.02. The van der Waals surface area contributed by atoms with Crippen LogP contribution in [-0.4, -0.2) is 29.8 Å². The minimum atomic E-state index is -0.697. The standard InChI is InChI=1S/C22H14F2N8/c23-17-6-2-4-14(13-9-27-28-10-13)16(17)7-19-30-22-21(26)29-18(11-32(22)31-19)15-5-1-3-12(8-25)20(15)24/h1-6,9-11H,7H2,(H2,26,29)(H,27,28). The summed E-state index contributed by atoms with van der Waals surface area (Å²) in [5.74, 6) is -0.745. The molecule has 0 aliphatic carbocycles. The van der Waals surface area contributed by atoms with Crippen LogP contribution in [0.1, 0.15) is 17.0 Å². The van der Waals surface area contributed by atoms with Gasteiger partial charge >= 0.3 is 0 Å². The van der Waals surface area contributed by atoms with Crippen molar-refractivity contribution in [1.29, 1.82) is 5.26 Å². The fourth-order valence-electron chi connectivity index (χ4n) is 3.54.